The molecular formula is C7H8Cl2O3PdS. The third kappa shape index (κ3) is 5.97. The van der Waals surface area contributed by atoms with E-state index < -0.39 is 10.1 Å². The van der Waals surface area contributed by atoms with Crippen LogP contribution in [0.1, 0.15) is 5.56 Å². The van der Waals surface area contributed by atoms with E-state index in [1.807, 2.05) is 6.92 Å². The first-order valence-electron chi connectivity index (χ1n) is 3.28. The van der Waals surface area contributed by atoms with Crippen LogP contribution in [0.15, 0.2) is 29.2 Å². The Hall–Kier alpha value is 0.372. The summed E-state index contributed by atoms with van der Waals surface area (Å²) in [5, 5.41) is 0. The van der Waals surface area contributed by atoms with Gasteiger partial charge >= 0.3 is 35.0 Å². The molecule has 1 rings (SSSR count). The molecule has 14 heavy (non-hydrogen) atoms. The molecule has 1 aromatic carbocycles. The van der Waals surface area contributed by atoms with E-state index in [4.69, 9.17) is 23.6 Å². The van der Waals surface area contributed by atoms with Crippen LogP contribution in [-0.2, 0) is 26.1 Å². The molecule has 0 amide bonds. The first kappa shape index (κ1) is 14.4. The number of aryl methyl sites for hydroxylation is 1. The number of rotatable bonds is 1. The van der Waals surface area contributed by atoms with Crippen molar-refractivity contribution >= 4 is 29.2 Å². The second-order valence-corrected chi connectivity index (χ2v) is 6.12. The quantitative estimate of drug-likeness (QED) is 0.626. The average molecular weight is 350 g/mol. The summed E-state index contributed by atoms with van der Waals surface area (Å²) < 4.78 is 29.6. The summed E-state index contributed by atoms with van der Waals surface area (Å²) in [5.41, 5.74) is 0.956. The van der Waals surface area contributed by atoms with Crippen molar-refractivity contribution in [2.24, 2.45) is 0 Å². The Labute approximate surface area is 99.3 Å². The number of benzene rings is 1. The third-order valence-corrected chi connectivity index (χ3v) is 2.19. The molecule has 84 valence electrons. The van der Waals surface area contributed by atoms with E-state index in [9.17, 15) is 8.42 Å². The number of halogens is 2. The third-order valence-electron chi connectivity index (χ3n) is 1.32. The van der Waals surface area contributed by atoms with Gasteiger partial charge in [0.1, 0.15) is 0 Å². The van der Waals surface area contributed by atoms with E-state index in [-0.39, 0.29) is 20.8 Å². The fraction of sp³-hybridized carbons (Fsp3) is 0.143. The van der Waals surface area contributed by atoms with Gasteiger partial charge in [-0.3, -0.25) is 4.55 Å². The average Bonchev–Trinajstić information content (AvgIpc) is 2.04. The van der Waals surface area contributed by atoms with Crippen LogP contribution in [-0.4, -0.2) is 13.0 Å². The van der Waals surface area contributed by atoms with Crippen LogP contribution in [0.5, 0.6) is 0 Å². The normalized spacial score (nSPS) is 10.6. The molecule has 0 heterocycles. The molecule has 0 unspecified atom stereocenters. The molecule has 0 atom stereocenters. The van der Waals surface area contributed by atoms with Crippen LogP contribution in [0.4, 0.5) is 0 Å². The minimum atomic E-state index is -4.02. The van der Waals surface area contributed by atoms with Crippen molar-refractivity contribution in [3.63, 3.8) is 0 Å². The molecule has 0 saturated heterocycles. The molecule has 0 radical (unpaired) electrons. The summed E-state index contributed by atoms with van der Waals surface area (Å²) in [7, 11) is 5.61. The molecule has 0 aliphatic heterocycles. The predicted octanol–water partition coefficient (Wildman–Crippen LogP) is 2.62. The monoisotopic (exact) mass is 348 g/mol. The Kier molecular flexibility index (Phi) is 6.96. The van der Waals surface area contributed by atoms with Gasteiger partial charge in [0.2, 0.25) is 0 Å². The maximum absolute atomic E-state index is 10.5. The Morgan fingerprint density at radius 2 is 1.57 bits per heavy atom. The van der Waals surface area contributed by atoms with Crippen molar-refractivity contribution in [2.75, 3.05) is 0 Å². The second kappa shape index (κ2) is 6.78. The molecule has 0 bridgehead atoms. The van der Waals surface area contributed by atoms with Crippen LogP contribution < -0.4 is 0 Å². The molecule has 0 aromatic heterocycles. The maximum atomic E-state index is 10.5. The Morgan fingerprint density at radius 1 is 1.21 bits per heavy atom. The van der Waals surface area contributed by atoms with Gasteiger partial charge in [-0.25, -0.2) is 0 Å². The van der Waals surface area contributed by atoms with Gasteiger partial charge < -0.3 is 0 Å². The zero-order valence-corrected chi connectivity index (χ0v) is 10.9. The molecule has 0 aliphatic rings. The molecule has 7 heteroatoms. The van der Waals surface area contributed by atoms with E-state index in [1.165, 1.54) is 12.1 Å². The van der Waals surface area contributed by atoms with E-state index in [0.29, 0.717) is 0 Å². The fourth-order valence-corrected chi connectivity index (χ4v) is 1.19. The summed E-state index contributed by atoms with van der Waals surface area (Å²) in [4.78, 5) is -0.0666. The van der Waals surface area contributed by atoms with Gasteiger partial charge in [0, 0.05) is 0 Å². The zero-order chi connectivity index (χ0) is 11.2. The van der Waals surface area contributed by atoms with Crippen molar-refractivity contribution in [2.45, 2.75) is 11.8 Å². The summed E-state index contributed by atoms with van der Waals surface area (Å²) >= 11 is -0.106. The Bertz CT molecular complexity index is 363. The van der Waals surface area contributed by atoms with Crippen LogP contribution in [0.3, 0.4) is 0 Å². The Balaban J connectivity index is 0.000000500. The minimum absolute atomic E-state index is 0.0666. The molecule has 1 aromatic rings. The van der Waals surface area contributed by atoms with E-state index in [2.05, 4.69) is 0 Å². The van der Waals surface area contributed by atoms with Gasteiger partial charge in [0.15, 0.2) is 0 Å². The molecule has 0 aliphatic carbocycles. The number of hydrogen-bond acceptors (Lipinski definition) is 2. The molecule has 3 nitrogen and oxygen atoms in total. The number of hydrogen-bond donors (Lipinski definition) is 1. The van der Waals surface area contributed by atoms with Crippen LogP contribution >= 0.6 is 19.1 Å². The van der Waals surface area contributed by atoms with Crippen LogP contribution in [0.25, 0.3) is 0 Å². The molecular weight excluding hydrogens is 341 g/mol. The predicted molar refractivity (Wildman–Crippen MR) is 52.7 cm³/mol. The van der Waals surface area contributed by atoms with Gasteiger partial charge in [0.05, 0.1) is 4.90 Å². The zero-order valence-electron chi connectivity index (χ0n) is 7.05. The summed E-state index contributed by atoms with van der Waals surface area (Å²) in [6.45, 7) is 1.84. The van der Waals surface area contributed by atoms with Gasteiger partial charge in [0.25, 0.3) is 10.1 Å². The van der Waals surface area contributed by atoms with Crippen molar-refractivity contribution in [3.8, 4) is 0 Å². The molecule has 0 saturated carbocycles. The standard InChI is InChI=1S/C7H8O3S.2ClH.Pd/c1-6-2-4-7(5-3-6)11(8,9)10;;;/h2-5H,1H3,(H,8,9,10);2*1H;/q;;;+2/p-2. The van der Waals surface area contributed by atoms with E-state index >= 15 is 0 Å². The van der Waals surface area contributed by atoms with Crippen LogP contribution in [0.2, 0.25) is 0 Å². The second-order valence-electron chi connectivity index (χ2n) is 2.33. The topological polar surface area (TPSA) is 54.4 Å². The van der Waals surface area contributed by atoms with Crippen molar-refractivity contribution < 1.29 is 28.9 Å². The molecule has 0 fully saturated rings. The van der Waals surface area contributed by atoms with Gasteiger partial charge in [-0.2, -0.15) is 8.42 Å². The summed E-state index contributed by atoms with van der Waals surface area (Å²) in [6, 6.07) is 5.99. The molecule has 0 spiro atoms. The van der Waals surface area contributed by atoms with Gasteiger partial charge in [-0.1, -0.05) is 17.7 Å². The molecule has 1 N–H and O–H groups in total. The van der Waals surface area contributed by atoms with Crippen molar-refractivity contribution in [1.29, 1.82) is 0 Å². The fourth-order valence-electron chi connectivity index (χ4n) is 0.710. The van der Waals surface area contributed by atoms with Gasteiger partial charge in [-0.05, 0) is 19.1 Å². The van der Waals surface area contributed by atoms with Crippen molar-refractivity contribution in [1.82, 2.24) is 0 Å². The Morgan fingerprint density at radius 3 is 1.86 bits per heavy atom. The summed E-state index contributed by atoms with van der Waals surface area (Å²) in [5.74, 6) is 0. The SMILES string of the molecule is Cc1ccc(S(=O)(=O)O)cc1.[Cl][Pd][Cl]. The van der Waals surface area contributed by atoms with Crippen LogP contribution in [0, 0.1) is 6.92 Å². The first-order chi connectivity index (χ1) is 6.41. The first-order valence-corrected chi connectivity index (χ1v) is 8.72. The van der Waals surface area contributed by atoms with E-state index in [0.717, 1.165) is 5.56 Å². The van der Waals surface area contributed by atoms with E-state index in [1.54, 1.807) is 12.1 Å². The summed E-state index contributed by atoms with van der Waals surface area (Å²) in [6.07, 6.45) is 0. The van der Waals surface area contributed by atoms with Crippen molar-refractivity contribution in [3.05, 3.63) is 29.8 Å². The van der Waals surface area contributed by atoms with Gasteiger partial charge in [-0.15, -0.1) is 0 Å².